The molecule has 96 valence electrons. The van der Waals surface area contributed by atoms with Crippen LogP contribution in [0.4, 0.5) is 5.13 Å². The van der Waals surface area contributed by atoms with Crippen molar-refractivity contribution in [2.45, 2.75) is 13.3 Å². The lowest BCUT2D eigenvalue weighted by Crippen LogP contribution is -2.18. The number of hydrogen-bond donors (Lipinski definition) is 1. The predicted octanol–water partition coefficient (Wildman–Crippen LogP) is 2.44. The van der Waals surface area contributed by atoms with Crippen LogP contribution in [0.2, 0.25) is 0 Å². The van der Waals surface area contributed by atoms with Crippen LogP contribution in [-0.2, 0) is 16.4 Å². The summed E-state index contributed by atoms with van der Waals surface area (Å²) in [5.74, 6) is 0.0651. The van der Waals surface area contributed by atoms with E-state index in [-0.39, 0.29) is 5.75 Å². The van der Waals surface area contributed by atoms with E-state index in [1.807, 2.05) is 42.6 Å². The first-order valence-corrected chi connectivity index (χ1v) is 8.05. The molecule has 1 heterocycles. The first kappa shape index (κ1) is 13.0. The van der Waals surface area contributed by atoms with Crippen molar-refractivity contribution in [3.8, 4) is 0 Å². The van der Waals surface area contributed by atoms with Crippen LogP contribution in [0.15, 0.2) is 35.7 Å². The van der Waals surface area contributed by atoms with Gasteiger partial charge in [0.2, 0.25) is 10.0 Å². The zero-order chi connectivity index (χ0) is 13.0. The van der Waals surface area contributed by atoms with Crippen LogP contribution in [-0.4, -0.2) is 19.2 Å². The van der Waals surface area contributed by atoms with Gasteiger partial charge in [-0.1, -0.05) is 30.3 Å². The highest BCUT2D eigenvalue weighted by Gasteiger charge is 2.12. The monoisotopic (exact) mass is 282 g/mol. The maximum absolute atomic E-state index is 11.8. The Morgan fingerprint density at radius 1 is 1.28 bits per heavy atom. The highest BCUT2D eigenvalue weighted by atomic mass is 32.2. The molecule has 0 saturated heterocycles. The molecular formula is C12H14N2O2S2. The van der Waals surface area contributed by atoms with E-state index < -0.39 is 10.0 Å². The fourth-order valence-corrected chi connectivity index (χ4v) is 3.50. The van der Waals surface area contributed by atoms with Gasteiger partial charge in [0.15, 0.2) is 5.13 Å². The molecule has 0 fully saturated rings. The molecule has 0 saturated carbocycles. The molecule has 1 aromatic carbocycles. The predicted molar refractivity (Wildman–Crippen MR) is 74.4 cm³/mol. The van der Waals surface area contributed by atoms with Crippen molar-refractivity contribution in [2.75, 3.05) is 10.5 Å². The molecule has 0 aliphatic carbocycles. The summed E-state index contributed by atoms with van der Waals surface area (Å²) in [6.45, 7) is 1.83. The van der Waals surface area contributed by atoms with Crippen LogP contribution < -0.4 is 4.72 Å². The van der Waals surface area contributed by atoms with Crippen molar-refractivity contribution in [1.82, 2.24) is 4.98 Å². The number of aryl methyl sites for hydroxylation is 2. The average molecular weight is 282 g/mol. The Labute approximate surface area is 111 Å². The van der Waals surface area contributed by atoms with Crippen LogP contribution in [0.25, 0.3) is 0 Å². The Morgan fingerprint density at radius 2 is 2.00 bits per heavy atom. The molecule has 2 aromatic rings. The zero-order valence-corrected chi connectivity index (χ0v) is 11.6. The van der Waals surface area contributed by atoms with Crippen molar-refractivity contribution >= 4 is 26.5 Å². The van der Waals surface area contributed by atoms with E-state index in [1.54, 1.807) is 0 Å². The van der Waals surface area contributed by atoms with E-state index >= 15 is 0 Å². The van der Waals surface area contributed by atoms with Crippen LogP contribution in [0.5, 0.6) is 0 Å². The number of sulfonamides is 1. The average Bonchev–Trinajstić information content (AvgIpc) is 2.73. The lowest BCUT2D eigenvalue weighted by molar-refractivity contribution is 0.600. The minimum atomic E-state index is -3.32. The molecule has 0 spiro atoms. The van der Waals surface area contributed by atoms with Gasteiger partial charge in [0.05, 0.1) is 11.4 Å². The SMILES string of the molecule is Cc1csc(NS(=O)(=O)CCc2ccccc2)n1. The van der Waals surface area contributed by atoms with Crippen molar-refractivity contribution in [3.63, 3.8) is 0 Å². The second-order valence-corrected chi connectivity index (χ2v) is 6.65. The Morgan fingerprint density at radius 3 is 2.61 bits per heavy atom. The third-order valence-electron chi connectivity index (χ3n) is 2.36. The normalized spacial score (nSPS) is 11.4. The van der Waals surface area contributed by atoms with E-state index in [0.717, 1.165) is 11.3 Å². The number of aromatic nitrogens is 1. The molecule has 6 heteroatoms. The maximum atomic E-state index is 11.8. The molecule has 0 aliphatic heterocycles. The number of nitrogens with one attached hydrogen (secondary N) is 1. The number of benzene rings is 1. The molecule has 0 aliphatic rings. The fourth-order valence-electron chi connectivity index (χ4n) is 1.48. The molecule has 0 bridgehead atoms. The largest absolute Gasteiger partial charge is 0.259 e. The molecular weight excluding hydrogens is 268 g/mol. The minimum Gasteiger partial charge on any atom is -0.259 e. The quantitative estimate of drug-likeness (QED) is 0.916. The molecule has 2 rings (SSSR count). The van der Waals surface area contributed by atoms with Crippen LogP contribution in [0.3, 0.4) is 0 Å². The molecule has 0 amide bonds. The zero-order valence-electron chi connectivity index (χ0n) is 9.96. The molecule has 4 nitrogen and oxygen atoms in total. The topological polar surface area (TPSA) is 59.1 Å². The number of nitrogens with zero attached hydrogens (tertiary/aromatic N) is 1. The van der Waals surface area contributed by atoms with Crippen molar-refractivity contribution < 1.29 is 8.42 Å². The van der Waals surface area contributed by atoms with Gasteiger partial charge in [-0.2, -0.15) is 0 Å². The van der Waals surface area contributed by atoms with Gasteiger partial charge in [-0.05, 0) is 18.9 Å². The second kappa shape index (κ2) is 5.49. The number of hydrogen-bond acceptors (Lipinski definition) is 4. The smallest absolute Gasteiger partial charge is 0.234 e. The lowest BCUT2D eigenvalue weighted by Gasteiger charge is -2.05. The van der Waals surface area contributed by atoms with Gasteiger partial charge in [-0.25, -0.2) is 13.4 Å². The summed E-state index contributed by atoms with van der Waals surface area (Å²) in [7, 11) is -3.32. The summed E-state index contributed by atoms with van der Waals surface area (Å²) < 4.78 is 26.2. The summed E-state index contributed by atoms with van der Waals surface area (Å²) in [5.41, 5.74) is 1.83. The number of anilines is 1. The Balaban J connectivity index is 1.96. The molecule has 18 heavy (non-hydrogen) atoms. The second-order valence-electron chi connectivity index (χ2n) is 3.95. The summed E-state index contributed by atoms with van der Waals surface area (Å²) in [4.78, 5) is 4.08. The van der Waals surface area contributed by atoms with Crippen molar-refractivity contribution in [2.24, 2.45) is 0 Å². The van der Waals surface area contributed by atoms with Gasteiger partial charge in [-0.3, -0.25) is 4.72 Å². The highest BCUT2D eigenvalue weighted by Crippen LogP contribution is 2.16. The summed E-state index contributed by atoms with van der Waals surface area (Å²) in [6, 6.07) is 9.56. The molecule has 1 N–H and O–H groups in total. The first-order valence-electron chi connectivity index (χ1n) is 5.52. The van der Waals surface area contributed by atoms with Gasteiger partial charge in [0, 0.05) is 5.38 Å². The summed E-state index contributed by atoms with van der Waals surface area (Å²) in [6.07, 6.45) is 0.501. The first-order chi connectivity index (χ1) is 8.55. The Bertz CT molecular complexity index is 606. The van der Waals surface area contributed by atoms with Gasteiger partial charge in [0.25, 0.3) is 0 Å². The van der Waals surface area contributed by atoms with Crippen molar-refractivity contribution in [3.05, 3.63) is 47.0 Å². The highest BCUT2D eigenvalue weighted by molar-refractivity contribution is 7.92. The maximum Gasteiger partial charge on any atom is 0.234 e. The van der Waals surface area contributed by atoms with E-state index in [4.69, 9.17) is 0 Å². The van der Waals surface area contributed by atoms with E-state index in [9.17, 15) is 8.42 Å². The van der Waals surface area contributed by atoms with Crippen LogP contribution in [0, 0.1) is 6.92 Å². The van der Waals surface area contributed by atoms with E-state index in [2.05, 4.69) is 9.71 Å². The minimum absolute atomic E-state index is 0.0651. The van der Waals surface area contributed by atoms with E-state index in [0.29, 0.717) is 11.6 Å². The van der Waals surface area contributed by atoms with Crippen molar-refractivity contribution in [1.29, 1.82) is 0 Å². The van der Waals surface area contributed by atoms with Gasteiger partial charge < -0.3 is 0 Å². The third kappa shape index (κ3) is 3.82. The van der Waals surface area contributed by atoms with E-state index in [1.165, 1.54) is 11.3 Å². The molecule has 1 aromatic heterocycles. The molecule has 0 radical (unpaired) electrons. The van der Waals surface area contributed by atoms with Crippen LogP contribution in [0.1, 0.15) is 11.3 Å². The van der Waals surface area contributed by atoms with Gasteiger partial charge >= 0.3 is 0 Å². The lowest BCUT2D eigenvalue weighted by atomic mass is 10.2. The Kier molecular flexibility index (Phi) is 3.98. The van der Waals surface area contributed by atoms with Gasteiger partial charge in [-0.15, -0.1) is 11.3 Å². The molecule has 0 atom stereocenters. The fraction of sp³-hybridized carbons (Fsp3) is 0.250. The number of thiazole rings is 1. The summed E-state index contributed by atoms with van der Waals surface area (Å²) in [5, 5.41) is 2.25. The summed E-state index contributed by atoms with van der Waals surface area (Å²) >= 11 is 1.30. The number of rotatable bonds is 5. The van der Waals surface area contributed by atoms with Crippen LogP contribution >= 0.6 is 11.3 Å². The molecule has 0 unspecified atom stereocenters. The standard InChI is InChI=1S/C12H14N2O2S2/c1-10-9-17-12(13-10)14-18(15,16)8-7-11-5-3-2-4-6-11/h2-6,9H,7-8H2,1H3,(H,13,14). The Hall–Kier alpha value is -1.40. The van der Waals surface area contributed by atoms with Gasteiger partial charge in [0.1, 0.15) is 0 Å². The third-order valence-corrected chi connectivity index (χ3v) is 4.61.